The minimum absolute atomic E-state index is 0.116. The van der Waals surface area contributed by atoms with Gasteiger partial charge in [-0.15, -0.1) is 11.8 Å². The molecule has 0 bridgehead atoms. The Hall–Kier alpha value is -4.82. The summed E-state index contributed by atoms with van der Waals surface area (Å²) in [5.74, 6) is -0.0935. The van der Waals surface area contributed by atoms with Gasteiger partial charge in [0.25, 0.3) is 11.8 Å². The number of benzene rings is 4. The molecule has 0 unspecified atom stereocenters. The molecule has 7 nitrogen and oxygen atoms in total. The second-order valence-electron chi connectivity index (χ2n) is 8.84. The summed E-state index contributed by atoms with van der Waals surface area (Å²) in [6.07, 6.45) is 1.64. The molecule has 0 aliphatic rings. The lowest BCUT2D eigenvalue weighted by molar-refractivity contribution is -0.114. The number of aryl methyl sites for hydroxylation is 1. The molecule has 0 aliphatic carbocycles. The molecular weight excluding hydrogens is 522 g/mol. The highest BCUT2D eigenvalue weighted by Crippen LogP contribution is 2.22. The molecule has 0 heterocycles. The number of thioether (sulfide) groups is 1. The predicted octanol–water partition coefficient (Wildman–Crippen LogP) is 6.14. The van der Waals surface area contributed by atoms with Gasteiger partial charge in [-0.1, -0.05) is 54.1 Å². The highest BCUT2D eigenvalue weighted by Gasteiger charge is 2.15. The average Bonchev–Trinajstić information content (AvgIpc) is 2.98. The quantitative estimate of drug-likeness (QED) is 0.162. The van der Waals surface area contributed by atoms with Crippen molar-refractivity contribution in [1.29, 1.82) is 0 Å². The lowest BCUT2D eigenvalue weighted by Crippen LogP contribution is -2.30. The number of rotatable bonds is 10. The van der Waals surface area contributed by atoms with Crippen LogP contribution in [-0.4, -0.2) is 30.6 Å². The van der Waals surface area contributed by atoms with Crippen LogP contribution in [0.3, 0.4) is 0 Å². The summed E-state index contributed by atoms with van der Waals surface area (Å²) in [6, 6.07) is 30.7. The van der Waals surface area contributed by atoms with Crippen LogP contribution in [0.4, 0.5) is 11.4 Å². The Morgan fingerprint density at radius 1 is 0.800 bits per heavy atom. The van der Waals surface area contributed by atoms with Crippen molar-refractivity contribution in [3.05, 3.63) is 126 Å². The summed E-state index contributed by atoms with van der Waals surface area (Å²) in [5, 5.41) is 8.43. The summed E-state index contributed by atoms with van der Waals surface area (Å²) in [5.41, 5.74) is 3.65. The van der Waals surface area contributed by atoms with Gasteiger partial charge in [0.1, 0.15) is 11.4 Å². The maximum atomic E-state index is 13.2. The van der Waals surface area contributed by atoms with Crippen molar-refractivity contribution in [3.8, 4) is 5.75 Å². The Labute approximate surface area is 237 Å². The molecule has 0 saturated heterocycles. The van der Waals surface area contributed by atoms with Gasteiger partial charge in [-0.25, -0.2) is 0 Å². The molecule has 202 valence electrons. The van der Waals surface area contributed by atoms with E-state index in [0.29, 0.717) is 22.7 Å². The first-order valence-electron chi connectivity index (χ1n) is 12.5. The fourth-order valence-electron chi connectivity index (χ4n) is 3.65. The lowest BCUT2D eigenvalue weighted by atomic mass is 10.1. The molecule has 0 spiro atoms. The number of methoxy groups -OCH3 is 1. The van der Waals surface area contributed by atoms with Crippen molar-refractivity contribution < 1.29 is 19.1 Å². The zero-order chi connectivity index (χ0) is 28.3. The zero-order valence-corrected chi connectivity index (χ0v) is 23.0. The summed E-state index contributed by atoms with van der Waals surface area (Å²) in [7, 11) is 1.57. The van der Waals surface area contributed by atoms with Crippen LogP contribution in [0.1, 0.15) is 21.5 Å². The molecule has 4 aromatic rings. The Balaban J connectivity index is 1.39. The molecule has 0 saturated carbocycles. The minimum atomic E-state index is -0.456. The lowest BCUT2D eigenvalue weighted by Gasteiger charge is -2.12. The molecule has 0 aliphatic heterocycles. The maximum Gasteiger partial charge on any atom is 0.272 e. The maximum absolute atomic E-state index is 13.2. The van der Waals surface area contributed by atoms with E-state index in [-0.39, 0.29) is 23.3 Å². The third-order valence-corrected chi connectivity index (χ3v) is 6.76. The van der Waals surface area contributed by atoms with E-state index in [9.17, 15) is 14.4 Å². The minimum Gasteiger partial charge on any atom is -0.497 e. The first kappa shape index (κ1) is 28.2. The van der Waals surface area contributed by atoms with Crippen LogP contribution in [0, 0.1) is 6.92 Å². The topological polar surface area (TPSA) is 96.5 Å². The summed E-state index contributed by atoms with van der Waals surface area (Å²) >= 11 is 1.38. The summed E-state index contributed by atoms with van der Waals surface area (Å²) in [6.45, 7) is 1.98. The van der Waals surface area contributed by atoms with E-state index >= 15 is 0 Å². The summed E-state index contributed by atoms with van der Waals surface area (Å²) in [4.78, 5) is 39.2. The largest absolute Gasteiger partial charge is 0.497 e. The smallest absolute Gasteiger partial charge is 0.272 e. The van der Waals surface area contributed by atoms with E-state index in [2.05, 4.69) is 16.0 Å². The van der Waals surface area contributed by atoms with Crippen molar-refractivity contribution in [2.45, 2.75) is 11.8 Å². The van der Waals surface area contributed by atoms with Crippen molar-refractivity contribution in [3.63, 3.8) is 0 Å². The van der Waals surface area contributed by atoms with E-state index in [1.807, 2.05) is 61.5 Å². The monoisotopic (exact) mass is 551 g/mol. The van der Waals surface area contributed by atoms with Gasteiger partial charge in [0.2, 0.25) is 5.91 Å². The number of carbonyl (C=O) groups is 3. The van der Waals surface area contributed by atoms with Crippen molar-refractivity contribution in [2.75, 3.05) is 23.5 Å². The molecule has 0 fully saturated rings. The highest BCUT2D eigenvalue weighted by atomic mass is 32.2. The fraction of sp³-hybridized carbons (Fsp3) is 0.0938. The normalized spacial score (nSPS) is 10.9. The first-order valence-corrected chi connectivity index (χ1v) is 13.5. The average molecular weight is 552 g/mol. The number of nitrogens with one attached hydrogen (secondary N) is 3. The van der Waals surface area contributed by atoms with E-state index in [1.165, 1.54) is 11.8 Å². The number of carbonyl (C=O) groups excluding carboxylic acids is 3. The Morgan fingerprint density at radius 3 is 2.23 bits per heavy atom. The van der Waals surface area contributed by atoms with Gasteiger partial charge in [0, 0.05) is 27.9 Å². The molecule has 0 radical (unpaired) electrons. The second kappa shape index (κ2) is 13.8. The molecule has 4 aromatic carbocycles. The van der Waals surface area contributed by atoms with Gasteiger partial charge in [-0.3, -0.25) is 14.4 Å². The van der Waals surface area contributed by atoms with Crippen LogP contribution in [0.5, 0.6) is 5.75 Å². The third-order valence-electron chi connectivity index (χ3n) is 5.75. The Bertz CT molecular complexity index is 1500. The Morgan fingerprint density at radius 2 is 1.52 bits per heavy atom. The SMILES string of the molecule is COc1cccc(NC(=O)CSc2ccc(NC(=O)/C(=C/c3ccc(C)cc3)NC(=O)c3ccccc3)cc2)c1. The van der Waals surface area contributed by atoms with Crippen molar-refractivity contribution in [2.24, 2.45) is 0 Å². The molecular formula is C32H29N3O4S. The van der Waals surface area contributed by atoms with E-state index in [4.69, 9.17) is 4.74 Å². The number of hydrogen-bond acceptors (Lipinski definition) is 5. The van der Waals surface area contributed by atoms with Gasteiger partial charge >= 0.3 is 0 Å². The molecule has 0 atom stereocenters. The van der Waals surface area contributed by atoms with Gasteiger partial charge < -0.3 is 20.7 Å². The third kappa shape index (κ3) is 8.34. The van der Waals surface area contributed by atoms with Crippen molar-refractivity contribution in [1.82, 2.24) is 5.32 Å². The molecule has 0 aromatic heterocycles. The van der Waals surface area contributed by atoms with Gasteiger partial charge in [0.15, 0.2) is 0 Å². The van der Waals surface area contributed by atoms with E-state index in [1.54, 1.807) is 61.7 Å². The zero-order valence-electron chi connectivity index (χ0n) is 22.1. The molecule has 4 rings (SSSR count). The van der Waals surface area contributed by atoms with Crippen LogP contribution in [-0.2, 0) is 9.59 Å². The van der Waals surface area contributed by atoms with Gasteiger partial charge in [-0.05, 0) is 67.1 Å². The summed E-state index contributed by atoms with van der Waals surface area (Å²) < 4.78 is 5.18. The Kier molecular flexibility index (Phi) is 9.74. The number of amides is 3. The molecule has 3 N–H and O–H groups in total. The van der Waals surface area contributed by atoms with Gasteiger partial charge in [0.05, 0.1) is 12.9 Å². The highest BCUT2D eigenvalue weighted by molar-refractivity contribution is 8.00. The van der Waals surface area contributed by atoms with Crippen LogP contribution < -0.4 is 20.7 Å². The van der Waals surface area contributed by atoms with Crippen LogP contribution in [0.25, 0.3) is 6.08 Å². The standard InChI is InChI=1S/C32H29N3O4S/c1-22-11-13-23(14-12-22)19-29(35-31(37)24-7-4-3-5-8-24)32(38)34-25-15-17-28(18-16-25)40-21-30(36)33-26-9-6-10-27(20-26)39-2/h3-20H,21H2,1-2H3,(H,33,36)(H,34,38)(H,35,37)/b29-19-. The van der Waals surface area contributed by atoms with Crippen LogP contribution in [0.15, 0.2) is 114 Å². The van der Waals surface area contributed by atoms with Gasteiger partial charge in [-0.2, -0.15) is 0 Å². The van der Waals surface area contributed by atoms with Crippen LogP contribution >= 0.6 is 11.8 Å². The number of anilines is 2. The van der Waals surface area contributed by atoms with E-state index in [0.717, 1.165) is 16.0 Å². The second-order valence-corrected chi connectivity index (χ2v) is 9.88. The fourth-order valence-corrected chi connectivity index (χ4v) is 4.35. The molecule has 40 heavy (non-hydrogen) atoms. The predicted molar refractivity (Wildman–Crippen MR) is 160 cm³/mol. The molecule has 3 amide bonds. The number of hydrogen-bond donors (Lipinski definition) is 3. The number of ether oxygens (including phenoxy) is 1. The van der Waals surface area contributed by atoms with E-state index < -0.39 is 5.91 Å². The van der Waals surface area contributed by atoms with Crippen molar-refractivity contribution >= 4 is 46.9 Å². The first-order chi connectivity index (χ1) is 19.4. The van der Waals surface area contributed by atoms with Crippen LogP contribution in [0.2, 0.25) is 0 Å². The molecule has 8 heteroatoms.